The normalized spacial score (nSPS) is 13.1. The zero-order chi connectivity index (χ0) is 7.56. The third kappa shape index (κ3) is 1.54. The summed E-state index contributed by atoms with van der Waals surface area (Å²) in [5.74, 6) is -0.246. The maximum Gasteiger partial charge on any atom is 0.123 e. The Labute approximate surface area is 59.7 Å². The molecule has 1 N–H and O–H groups in total. The highest BCUT2D eigenvalue weighted by Crippen LogP contribution is 2.10. The smallest absolute Gasteiger partial charge is 0.123 e. The van der Waals surface area contributed by atoms with Crippen LogP contribution in [0.4, 0.5) is 4.39 Å². The Bertz CT molecular complexity index is 203. The van der Waals surface area contributed by atoms with Crippen LogP contribution in [0.2, 0.25) is 0 Å². The first-order chi connectivity index (χ1) is 4.70. The minimum atomic E-state index is -0.263. The maximum atomic E-state index is 12.3. The lowest BCUT2D eigenvalue weighted by Gasteiger charge is -2.01. The van der Waals surface area contributed by atoms with Gasteiger partial charge >= 0.3 is 0 Å². The minimum absolute atomic E-state index is 0.246. The highest BCUT2D eigenvalue weighted by molar-refractivity contribution is 5.18. The van der Waals surface area contributed by atoms with E-state index >= 15 is 0 Å². The Hall–Kier alpha value is -0.890. The van der Waals surface area contributed by atoms with Crippen molar-refractivity contribution in [1.29, 1.82) is 0 Å². The van der Waals surface area contributed by atoms with E-state index < -0.39 is 0 Å². The summed E-state index contributed by atoms with van der Waals surface area (Å²) in [6, 6.07) is 5.75. The zero-order valence-electron chi connectivity index (χ0n) is 5.76. The molecule has 0 saturated heterocycles. The average Bonchev–Trinajstić information content (AvgIpc) is 1.88. The lowest BCUT2D eigenvalue weighted by molar-refractivity contribution is 0.625. The molecule has 0 aliphatic heterocycles. The van der Waals surface area contributed by atoms with Crippen LogP contribution in [-0.2, 0) is 0 Å². The summed E-state index contributed by atoms with van der Waals surface area (Å²) in [7, 11) is 0. The van der Waals surface area contributed by atoms with Gasteiger partial charge in [-0.1, -0.05) is 12.1 Å². The Morgan fingerprint density at radius 3 is 2.20 bits per heavy atom. The van der Waals surface area contributed by atoms with Crippen LogP contribution in [0.3, 0.4) is 0 Å². The average molecular weight is 138 g/mol. The maximum absolute atomic E-state index is 12.3. The predicted octanol–water partition coefficient (Wildman–Crippen LogP) is 2.17. The molecule has 1 nitrogen and oxygen atoms in total. The molecule has 0 bridgehead atoms. The zero-order valence-corrected chi connectivity index (χ0v) is 5.76. The summed E-state index contributed by atoms with van der Waals surface area (Å²) in [5, 5.41) is 0. The molecule has 0 fully saturated rings. The predicted molar refractivity (Wildman–Crippen MR) is 37.9 cm³/mol. The molecule has 0 saturated carbocycles. The van der Waals surface area contributed by atoms with Crippen LogP contribution < -0.4 is 5.73 Å². The summed E-state index contributed by atoms with van der Waals surface area (Å²) in [6.07, 6.45) is 0. The van der Waals surface area contributed by atoms with Crippen molar-refractivity contribution in [2.45, 2.75) is 13.0 Å². The Balaban J connectivity index is 2.89. The van der Waals surface area contributed by atoms with Crippen molar-refractivity contribution in [3.63, 3.8) is 0 Å². The third-order valence-corrected chi connectivity index (χ3v) is 1.37. The summed E-state index contributed by atoms with van der Waals surface area (Å²) in [5.41, 5.74) is 8.12. The molecule has 1 atom stereocenters. The van der Waals surface area contributed by atoms with E-state index in [1.165, 1.54) is 12.1 Å². The highest BCUT2D eigenvalue weighted by atomic mass is 19.1. The van der Waals surface area contributed by atoms with Gasteiger partial charge in [0.05, 0.1) is 0 Å². The van der Waals surface area contributed by atoms with Crippen LogP contribution in [0.1, 0.15) is 18.5 Å². The second-order valence-corrected chi connectivity index (χ2v) is 2.27. The van der Waals surface area contributed by atoms with E-state index in [-0.39, 0.29) is 11.9 Å². The number of hydrogen-bond donors (Lipinski definition) is 0. The molecular weight excluding hydrogens is 129 g/mol. The third-order valence-electron chi connectivity index (χ3n) is 1.37. The molecule has 10 heavy (non-hydrogen) atoms. The van der Waals surface area contributed by atoms with Gasteiger partial charge in [-0.3, -0.25) is 5.73 Å². The molecule has 0 amide bonds. The van der Waals surface area contributed by atoms with Gasteiger partial charge in [0.25, 0.3) is 0 Å². The fourth-order valence-electron chi connectivity index (χ4n) is 0.751. The summed E-state index contributed by atoms with van der Waals surface area (Å²) < 4.78 is 12.3. The lowest BCUT2D eigenvalue weighted by atomic mass is 10.1. The van der Waals surface area contributed by atoms with Gasteiger partial charge in [-0.05, 0) is 24.6 Å². The van der Waals surface area contributed by atoms with Crippen LogP contribution in [0.25, 0.3) is 0 Å². The first kappa shape index (κ1) is 7.22. The van der Waals surface area contributed by atoms with Gasteiger partial charge in [-0.15, -0.1) is 0 Å². The topological polar surface area (TPSA) is 23.8 Å². The van der Waals surface area contributed by atoms with Crippen LogP contribution in [0.5, 0.6) is 0 Å². The number of halogens is 1. The largest absolute Gasteiger partial charge is 0.250 e. The van der Waals surface area contributed by atoms with Gasteiger partial charge in [0.2, 0.25) is 0 Å². The molecule has 53 valence electrons. The van der Waals surface area contributed by atoms with E-state index in [0.29, 0.717) is 0 Å². The van der Waals surface area contributed by atoms with Crippen LogP contribution in [0.15, 0.2) is 24.3 Å². The molecule has 2 heteroatoms. The molecule has 0 heterocycles. The Kier molecular flexibility index (Phi) is 2.02. The minimum Gasteiger partial charge on any atom is -0.250 e. The van der Waals surface area contributed by atoms with Crippen LogP contribution in [0, 0.1) is 5.82 Å². The van der Waals surface area contributed by atoms with E-state index in [1.54, 1.807) is 19.1 Å². The molecule has 0 aliphatic rings. The van der Waals surface area contributed by atoms with Crippen molar-refractivity contribution in [1.82, 2.24) is 5.73 Å². The first-order valence-corrected chi connectivity index (χ1v) is 3.17. The fourth-order valence-corrected chi connectivity index (χ4v) is 0.751. The lowest BCUT2D eigenvalue weighted by Crippen LogP contribution is -1.92. The van der Waals surface area contributed by atoms with Crippen LogP contribution >= 0.6 is 0 Å². The van der Waals surface area contributed by atoms with Gasteiger partial charge in [-0.2, -0.15) is 0 Å². The standard InChI is InChI=1S/C8H9FN/c1-6(10)7-2-4-8(9)5-3-7/h2-6,10H,1H3/t6-/m0/s1. The molecular formula is C8H9FN. The monoisotopic (exact) mass is 138 g/mol. The number of hydrogen-bond acceptors (Lipinski definition) is 0. The van der Waals surface area contributed by atoms with Gasteiger partial charge in [-0.25, -0.2) is 4.39 Å². The molecule has 1 rings (SSSR count). The second-order valence-electron chi connectivity index (χ2n) is 2.27. The molecule has 0 unspecified atom stereocenters. The molecule has 0 aliphatic carbocycles. The summed E-state index contributed by atoms with van der Waals surface area (Å²) in [4.78, 5) is 0. The van der Waals surface area contributed by atoms with Crippen LogP contribution in [-0.4, -0.2) is 0 Å². The Morgan fingerprint density at radius 1 is 1.30 bits per heavy atom. The first-order valence-electron chi connectivity index (χ1n) is 3.17. The van der Waals surface area contributed by atoms with Crippen molar-refractivity contribution in [2.24, 2.45) is 0 Å². The van der Waals surface area contributed by atoms with E-state index in [2.05, 4.69) is 0 Å². The van der Waals surface area contributed by atoms with E-state index in [9.17, 15) is 4.39 Å². The van der Waals surface area contributed by atoms with Crippen molar-refractivity contribution in [2.75, 3.05) is 0 Å². The van der Waals surface area contributed by atoms with Crippen molar-refractivity contribution in [3.8, 4) is 0 Å². The molecule has 1 radical (unpaired) electrons. The summed E-state index contributed by atoms with van der Waals surface area (Å²) >= 11 is 0. The van der Waals surface area contributed by atoms with Crippen molar-refractivity contribution >= 4 is 0 Å². The van der Waals surface area contributed by atoms with Crippen molar-refractivity contribution < 1.29 is 4.39 Å². The van der Waals surface area contributed by atoms with E-state index in [4.69, 9.17) is 5.73 Å². The van der Waals surface area contributed by atoms with Gasteiger partial charge in [0.1, 0.15) is 5.82 Å². The summed E-state index contributed by atoms with van der Waals surface area (Å²) in [6.45, 7) is 1.76. The fraction of sp³-hybridized carbons (Fsp3) is 0.250. The SMILES string of the molecule is C[C@H]([NH])c1ccc(F)cc1. The van der Waals surface area contributed by atoms with Gasteiger partial charge in [0.15, 0.2) is 0 Å². The quantitative estimate of drug-likeness (QED) is 0.568. The molecule has 1 aromatic rings. The van der Waals surface area contributed by atoms with Gasteiger partial charge in [0, 0.05) is 6.04 Å². The number of nitrogens with one attached hydrogen (secondary N) is 1. The highest BCUT2D eigenvalue weighted by Gasteiger charge is 1.97. The van der Waals surface area contributed by atoms with E-state index in [1.807, 2.05) is 0 Å². The Morgan fingerprint density at radius 2 is 1.80 bits per heavy atom. The second kappa shape index (κ2) is 2.80. The van der Waals surface area contributed by atoms with Gasteiger partial charge < -0.3 is 0 Å². The van der Waals surface area contributed by atoms with E-state index in [0.717, 1.165) is 5.56 Å². The molecule has 1 aromatic carbocycles. The number of benzene rings is 1. The molecule has 0 spiro atoms. The van der Waals surface area contributed by atoms with Crippen molar-refractivity contribution in [3.05, 3.63) is 35.6 Å². The molecule has 0 aromatic heterocycles. The number of rotatable bonds is 1.